The Labute approximate surface area is 101 Å². The van der Waals surface area contributed by atoms with Gasteiger partial charge < -0.3 is 5.73 Å². The Morgan fingerprint density at radius 1 is 1.35 bits per heavy atom. The number of carbonyl (C=O) groups excluding carboxylic acids is 1. The first-order valence-corrected chi connectivity index (χ1v) is 5.94. The van der Waals surface area contributed by atoms with Crippen LogP contribution in [0.4, 0.5) is 0 Å². The molecule has 4 nitrogen and oxygen atoms in total. The first-order chi connectivity index (χ1) is 8.25. The summed E-state index contributed by atoms with van der Waals surface area (Å²) < 4.78 is 1.94. The lowest BCUT2D eigenvalue weighted by molar-refractivity contribution is 0.100. The minimum atomic E-state index is -0.398. The molecule has 0 radical (unpaired) electrons. The Hall–Kier alpha value is -2.14. The van der Waals surface area contributed by atoms with Crippen molar-refractivity contribution in [2.45, 2.75) is 0 Å². The minimum Gasteiger partial charge on any atom is -0.365 e. The number of rotatable bonds is 2. The van der Waals surface area contributed by atoms with E-state index in [9.17, 15) is 4.79 Å². The number of nitrogens with zero attached hydrogens (tertiary/aromatic N) is 2. The average Bonchev–Trinajstić information content (AvgIpc) is 2.95. The summed E-state index contributed by atoms with van der Waals surface area (Å²) in [4.78, 5) is 15.9. The zero-order chi connectivity index (χ0) is 11.8. The number of para-hydroxylation sites is 2. The molecule has 17 heavy (non-hydrogen) atoms. The van der Waals surface area contributed by atoms with E-state index in [2.05, 4.69) is 4.98 Å². The van der Waals surface area contributed by atoms with Gasteiger partial charge in [-0.2, -0.15) is 0 Å². The van der Waals surface area contributed by atoms with Gasteiger partial charge in [0.1, 0.15) is 6.33 Å². The van der Waals surface area contributed by atoms with Crippen molar-refractivity contribution in [3.63, 3.8) is 0 Å². The molecule has 1 amide bonds. The molecule has 1 aromatic carbocycles. The molecule has 3 aromatic rings. The maximum Gasteiger partial charge on any atom is 0.258 e. The van der Waals surface area contributed by atoms with E-state index in [4.69, 9.17) is 5.73 Å². The van der Waals surface area contributed by atoms with Crippen molar-refractivity contribution in [1.29, 1.82) is 0 Å². The number of amides is 1. The Bertz CT molecular complexity index is 698. The summed E-state index contributed by atoms with van der Waals surface area (Å²) >= 11 is 1.34. The van der Waals surface area contributed by atoms with E-state index >= 15 is 0 Å². The van der Waals surface area contributed by atoms with Crippen LogP contribution in [0, 0.1) is 0 Å². The quantitative estimate of drug-likeness (QED) is 0.750. The predicted molar refractivity (Wildman–Crippen MR) is 67.5 cm³/mol. The topological polar surface area (TPSA) is 60.9 Å². The number of fused-ring (bicyclic) bond motifs is 1. The highest BCUT2D eigenvalue weighted by Crippen LogP contribution is 2.22. The Balaban J connectivity index is 2.17. The molecular formula is C12H9N3OS. The van der Waals surface area contributed by atoms with Crippen molar-refractivity contribution in [2.75, 3.05) is 0 Å². The van der Waals surface area contributed by atoms with E-state index in [-0.39, 0.29) is 0 Å². The monoisotopic (exact) mass is 243 g/mol. The van der Waals surface area contributed by atoms with Crippen LogP contribution < -0.4 is 5.73 Å². The lowest BCUT2D eigenvalue weighted by Gasteiger charge is -1.99. The standard InChI is InChI=1S/C12H9N3OS/c13-12(16)11-5-8(6-17-11)15-7-14-9-3-1-2-4-10(9)15/h1-7H,(H2,13,16). The van der Waals surface area contributed by atoms with E-state index in [0.29, 0.717) is 4.88 Å². The second kappa shape index (κ2) is 3.71. The average molecular weight is 243 g/mol. The van der Waals surface area contributed by atoms with Crippen molar-refractivity contribution in [2.24, 2.45) is 5.73 Å². The van der Waals surface area contributed by atoms with Gasteiger partial charge in [-0.3, -0.25) is 9.36 Å². The summed E-state index contributed by atoms with van der Waals surface area (Å²) in [5, 5.41) is 1.90. The summed E-state index contributed by atoms with van der Waals surface area (Å²) in [7, 11) is 0. The molecule has 84 valence electrons. The molecule has 0 spiro atoms. The highest BCUT2D eigenvalue weighted by molar-refractivity contribution is 7.12. The smallest absolute Gasteiger partial charge is 0.258 e. The number of imidazole rings is 1. The third kappa shape index (κ3) is 1.60. The highest BCUT2D eigenvalue weighted by atomic mass is 32.1. The second-order valence-corrected chi connectivity index (χ2v) is 4.55. The van der Waals surface area contributed by atoms with Crippen LogP contribution in [0.2, 0.25) is 0 Å². The van der Waals surface area contributed by atoms with Gasteiger partial charge in [-0.25, -0.2) is 4.98 Å². The zero-order valence-electron chi connectivity index (χ0n) is 8.83. The van der Waals surface area contributed by atoms with Gasteiger partial charge in [0.05, 0.1) is 21.6 Å². The van der Waals surface area contributed by atoms with E-state index < -0.39 is 5.91 Å². The minimum absolute atomic E-state index is 0.398. The van der Waals surface area contributed by atoms with E-state index in [1.807, 2.05) is 34.2 Å². The van der Waals surface area contributed by atoms with Gasteiger partial charge in [0, 0.05) is 5.38 Å². The van der Waals surface area contributed by atoms with E-state index in [1.54, 1.807) is 12.4 Å². The predicted octanol–water partition coefficient (Wildman–Crippen LogP) is 2.19. The van der Waals surface area contributed by atoms with Crippen molar-refractivity contribution in [3.8, 4) is 5.69 Å². The van der Waals surface area contributed by atoms with Crippen LogP contribution in [-0.2, 0) is 0 Å². The Morgan fingerprint density at radius 3 is 2.94 bits per heavy atom. The van der Waals surface area contributed by atoms with Crippen LogP contribution in [0.5, 0.6) is 0 Å². The molecule has 5 heteroatoms. The molecule has 0 saturated heterocycles. The van der Waals surface area contributed by atoms with Gasteiger partial charge in [0.2, 0.25) is 0 Å². The maximum atomic E-state index is 11.1. The number of primary amides is 1. The fraction of sp³-hybridized carbons (Fsp3) is 0. The number of thiophene rings is 1. The van der Waals surface area contributed by atoms with Crippen molar-refractivity contribution < 1.29 is 4.79 Å². The summed E-state index contributed by atoms with van der Waals surface area (Å²) in [6.45, 7) is 0. The molecule has 0 aliphatic heterocycles. The molecule has 0 saturated carbocycles. The molecule has 0 bridgehead atoms. The largest absolute Gasteiger partial charge is 0.365 e. The molecule has 2 aromatic heterocycles. The molecule has 3 rings (SSSR count). The maximum absolute atomic E-state index is 11.1. The summed E-state index contributed by atoms with van der Waals surface area (Å²) in [5.74, 6) is -0.398. The van der Waals surface area contributed by atoms with Crippen molar-refractivity contribution in [3.05, 3.63) is 46.9 Å². The summed E-state index contributed by atoms with van der Waals surface area (Å²) in [6.07, 6.45) is 1.75. The first-order valence-electron chi connectivity index (χ1n) is 5.06. The normalized spacial score (nSPS) is 10.8. The van der Waals surface area contributed by atoms with Crippen LogP contribution >= 0.6 is 11.3 Å². The van der Waals surface area contributed by atoms with Crippen LogP contribution in [0.1, 0.15) is 9.67 Å². The third-order valence-electron chi connectivity index (χ3n) is 2.56. The second-order valence-electron chi connectivity index (χ2n) is 3.64. The molecule has 0 unspecified atom stereocenters. The molecule has 0 fully saturated rings. The van der Waals surface area contributed by atoms with Crippen LogP contribution in [-0.4, -0.2) is 15.5 Å². The number of carbonyl (C=O) groups is 1. The number of nitrogens with two attached hydrogens (primary N) is 1. The highest BCUT2D eigenvalue weighted by Gasteiger charge is 2.08. The molecular weight excluding hydrogens is 234 g/mol. The number of aromatic nitrogens is 2. The Morgan fingerprint density at radius 2 is 2.18 bits per heavy atom. The fourth-order valence-corrected chi connectivity index (χ4v) is 2.48. The van der Waals surface area contributed by atoms with Gasteiger partial charge in [0.15, 0.2) is 0 Å². The third-order valence-corrected chi connectivity index (χ3v) is 3.49. The van der Waals surface area contributed by atoms with Crippen molar-refractivity contribution >= 4 is 28.3 Å². The van der Waals surface area contributed by atoms with Gasteiger partial charge in [-0.15, -0.1) is 11.3 Å². The fourth-order valence-electron chi connectivity index (χ4n) is 1.75. The molecule has 0 aliphatic carbocycles. The number of benzene rings is 1. The van der Waals surface area contributed by atoms with Crippen LogP contribution in [0.15, 0.2) is 42.0 Å². The lowest BCUT2D eigenvalue weighted by Crippen LogP contribution is -2.08. The van der Waals surface area contributed by atoms with Gasteiger partial charge >= 0.3 is 0 Å². The van der Waals surface area contributed by atoms with Gasteiger partial charge in [-0.1, -0.05) is 12.1 Å². The van der Waals surface area contributed by atoms with Crippen LogP contribution in [0.25, 0.3) is 16.7 Å². The van der Waals surface area contributed by atoms with E-state index in [1.165, 1.54) is 11.3 Å². The molecule has 0 aliphatic rings. The SMILES string of the molecule is NC(=O)c1cc(-n2cnc3ccccc32)cs1. The summed E-state index contributed by atoms with van der Waals surface area (Å²) in [5.41, 5.74) is 8.10. The number of hydrogen-bond donors (Lipinski definition) is 1. The van der Waals surface area contributed by atoms with Crippen LogP contribution in [0.3, 0.4) is 0 Å². The lowest BCUT2D eigenvalue weighted by atomic mass is 10.3. The Kier molecular flexibility index (Phi) is 2.19. The summed E-state index contributed by atoms with van der Waals surface area (Å²) in [6, 6.07) is 9.63. The van der Waals surface area contributed by atoms with Gasteiger partial charge in [0.25, 0.3) is 5.91 Å². The number of hydrogen-bond acceptors (Lipinski definition) is 3. The first kappa shape index (κ1) is 10.0. The molecule has 2 heterocycles. The molecule has 0 atom stereocenters. The zero-order valence-corrected chi connectivity index (χ0v) is 9.65. The molecule has 2 N–H and O–H groups in total. The van der Waals surface area contributed by atoms with Gasteiger partial charge in [-0.05, 0) is 18.2 Å². The van der Waals surface area contributed by atoms with Crippen molar-refractivity contribution in [1.82, 2.24) is 9.55 Å². The van der Waals surface area contributed by atoms with E-state index in [0.717, 1.165) is 16.7 Å².